The summed E-state index contributed by atoms with van der Waals surface area (Å²) in [6.07, 6.45) is 0. The molecule has 2 aromatic carbocycles. The van der Waals surface area contributed by atoms with Crippen molar-refractivity contribution >= 4 is 33.2 Å². The van der Waals surface area contributed by atoms with Gasteiger partial charge in [0.2, 0.25) is 5.91 Å². The molecule has 0 bridgehead atoms. The molecule has 3 N–H and O–H groups in total. The zero-order chi connectivity index (χ0) is 13.8. The summed E-state index contributed by atoms with van der Waals surface area (Å²) in [5.41, 5.74) is 8.01. The van der Waals surface area contributed by atoms with Gasteiger partial charge in [-0.2, -0.15) is 0 Å². The van der Waals surface area contributed by atoms with Crippen molar-refractivity contribution in [1.82, 2.24) is 0 Å². The molecule has 0 saturated carbocycles. The number of nitrogen functional groups attached to an aromatic ring is 1. The van der Waals surface area contributed by atoms with E-state index in [2.05, 4.69) is 21.2 Å². The minimum Gasteiger partial charge on any atom is -0.399 e. The molecule has 0 spiro atoms. The molecule has 4 heteroatoms. The Balaban J connectivity index is 2.15. The van der Waals surface area contributed by atoms with Crippen molar-refractivity contribution in [2.45, 2.75) is 12.8 Å². The van der Waals surface area contributed by atoms with Crippen molar-refractivity contribution in [3.05, 3.63) is 58.6 Å². The number of rotatable bonds is 3. The molecule has 0 fully saturated rings. The average molecular weight is 319 g/mol. The van der Waals surface area contributed by atoms with Crippen molar-refractivity contribution in [3.63, 3.8) is 0 Å². The van der Waals surface area contributed by atoms with Gasteiger partial charge in [-0.1, -0.05) is 30.3 Å². The summed E-state index contributed by atoms with van der Waals surface area (Å²) >= 11 is 3.39. The van der Waals surface area contributed by atoms with Crippen LogP contribution in [0.2, 0.25) is 0 Å². The topological polar surface area (TPSA) is 55.1 Å². The summed E-state index contributed by atoms with van der Waals surface area (Å²) < 4.78 is 0.815. The molecule has 1 unspecified atom stereocenters. The molecule has 0 radical (unpaired) electrons. The van der Waals surface area contributed by atoms with E-state index in [-0.39, 0.29) is 11.8 Å². The third kappa shape index (κ3) is 3.35. The van der Waals surface area contributed by atoms with Crippen LogP contribution in [-0.4, -0.2) is 5.91 Å². The van der Waals surface area contributed by atoms with Crippen LogP contribution in [0, 0.1) is 0 Å². The number of nitrogens with one attached hydrogen (secondary N) is 1. The lowest BCUT2D eigenvalue weighted by Gasteiger charge is -2.14. The standard InChI is InChI=1S/C15H15BrN2O/c1-10(11-5-3-2-4-6-11)15(19)18-14-9-12(17)7-8-13(14)16/h2-10H,17H2,1H3,(H,18,19). The fourth-order valence-electron chi connectivity index (χ4n) is 1.77. The highest BCUT2D eigenvalue weighted by atomic mass is 79.9. The lowest BCUT2D eigenvalue weighted by atomic mass is 10.0. The van der Waals surface area contributed by atoms with Gasteiger partial charge in [0.1, 0.15) is 0 Å². The Hall–Kier alpha value is -1.81. The highest BCUT2D eigenvalue weighted by Gasteiger charge is 2.15. The number of benzene rings is 2. The van der Waals surface area contributed by atoms with E-state index in [4.69, 9.17) is 5.73 Å². The normalized spacial score (nSPS) is 11.9. The van der Waals surface area contributed by atoms with Crippen LogP contribution in [0.3, 0.4) is 0 Å². The van der Waals surface area contributed by atoms with Crippen LogP contribution in [0.25, 0.3) is 0 Å². The third-order valence-corrected chi connectivity index (χ3v) is 3.63. The largest absolute Gasteiger partial charge is 0.399 e. The number of anilines is 2. The van der Waals surface area contributed by atoms with Crippen molar-refractivity contribution in [3.8, 4) is 0 Å². The first-order chi connectivity index (χ1) is 9.08. The predicted octanol–water partition coefficient (Wildman–Crippen LogP) is 3.77. The van der Waals surface area contributed by atoms with Gasteiger partial charge in [0.05, 0.1) is 11.6 Å². The SMILES string of the molecule is CC(C(=O)Nc1cc(N)ccc1Br)c1ccccc1. The lowest BCUT2D eigenvalue weighted by Crippen LogP contribution is -2.19. The molecular formula is C15H15BrN2O. The van der Waals surface area contributed by atoms with E-state index in [9.17, 15) is 4.79 Å². The Kier molecular flexibility index (Phi) is 4.22. The van der Waals surface area contributed by atoms with E-state index in [1.165, 1.54) is 0 Å². The molecule has 0 heterocycles. The highest BCUT2D eigenvalue weighted by molar-refractivity contribution is 9.10. The molecule has 3 nitrogen and oxygen atoms in total. The van der Waals surface area contributed by atoms with Crippen LogP contribution in [-0.2, 0) is 4.79 Å². The molecule has 0 aliphatic heterocycles. The van der Waals surface area contributed by atoms with E-state index < -0.39 is 0 Å². The van der Waals surface area contributed by atoms with E-state index in [1.807, 2.05) is 43.3 Å². The Bertz CT molecular complexity index is 584. The maximum Gasteiger partial charge on any atom is 0.231 e. The minimum atomic E-state index is -0.213. The van der Waals surface area contributed by atoms with Gasteiger partial charge in [0.25, 0.3) is 0 Å². The summed E-state index contributed by atoms with van der Waals surface area (Å²) in [6, 6.07) is 15.0. The monoisotopic (exact) mass is 318 g/mol. The van der Waals surface area contributed by atoms with E-state index in [0.29, 0.717) is 11.4 Å². The van der Waals surface area contributed by atoms with E-state index in [0.717, 1.165) is 10.0 Å². The number of amides is 1. The molecule has 19 heavy (non-hydrogen) atoms. The number of halogens is 1. The van der Waals surface area contributed by atoms with Gasteiger partial charge in [-0.15, -0.1) is 0 Å². The maximum atomic E-state index is 12.2. The Morgan fingerprint density at radius 3 is 2.58 bits per heavy atom. The molecule has 1 atom stereocenters. The van der Waals surface area contributed by atoms with Gasteiger partial charge in [-0.05, 0) is 46.6 Å². The lowest BCUT2D eigenvalue weighted by molar-refractivity contribution is -0.117. The molecule has 0 aliphatic carbocycles. The second-order valence-corrected chi connectivity index (χ2v) is 5.22. The van der Waals surface area contributed by atoms with Crippen LogP contribution in [0.15, 0.2) is 53.0 Å². The Morgan fingerprint density at radius 1 is 1.21 bits per heavy atom. The smallest absolute Gasteiger partial charge is 0.231 e. The first-order valence-electron chi connectivity index (χ1n) is 5.99. The predicted molar refractivity (Wildman–Crippen MR) is 82.0 cm³/mol. The minimum absolute atomic E-state index is 0.0579. The average Bonchev–Trinajstić information content (AvgIpc) is 2.43. The first kappa shape index (κ1) is 13.6. The fourth-order valence-corrected chi connectivity index (χ4v) is 2.12. The molecule has 98 valence electrons. The van der Waals surface area contributed by atoms with Gasteiger partial charge in [0, 0.05) is 10.2 Å². The first-order valence-corrected chi connectivity index (χ1v) is 6.78. The number of hydrogen-bond acceptors (Lipinski definition) is 2. The van der Waals surface area contributed by atoms with Crippen LogP contribution in [0.5, 0.6) is 0 Å². The van der Waals surface area contributed by atoms with Crippen LogP contribution in [0.1, 0.15) is 18.4 Å². The third-order valence-electron chi connectivity index (χ3n) is 2.94. The van der Waals surface area contributed by atoms with Gasteiger partial charge in [-0.3, -0.25) is 4.79 Å². The maximum absolute atomic E-state index is 12.2. The summed E-state index contributed by atoms with van der Waals surface area (Å²) in [5, 5.41) is 2.88. The highest BCUT2D eigenvalue weighted by Crippen LogP contribution is 2.26. The fraction of sp³-hybridized carbons (Fsp3) is 0.133. The molecule has 1 amide bonds. The molecular weight excluding hydrogens is 304 g/mol. The zero-order valence-corrected chi connectivity index (χ0v) is 12.1. The van der Waals surface area contributed by atoms with Gasteiger partial charge in [-0.25, -0.2) is 0 Å². The second kappa shape index (κ2) is 5.89. The number of nitrogens with two attached hydrogens (primary N) is 1. The van der Waals surface area contributed by atoms with Gasteiger partial charge >= 0.3 is 0 Å². The summed E-state index contributed by atoms with van der Waals surface area (Å²) in [6.45, 7) is 1.88. The number of carbonyl (C=O) groups excluding carboxylic acids is 1. The zero-order valence-electron chi connectivity index (χ0n) is 10.6. The van der Waals surface area contributed by atoms with Gasteiger partial charge < -0.3 is 11.1 Å². The molecule has 0 aromatic heterocycles. The van der Waals surface area contributed by atoms with Crippen molar-refractivity contribution in [1.29, 1.82) is 0 Å². The van der Waals surface area contributed by atoms with Gasteiger partial charge in [0.15, 0.2) is 0 Å². The Labute approximate surface area is 121 Å². The quantitative estimate of drug-likeness (QED) is 0.846. The number of hydrogen-bond donors (Lipinski definition) is 2. The van der Waals surface area contributed by atoms with Crippen molar-refractivity contribution in [2.75, 3.05) is 11.1 Å². The molecule has 0 aliphatic rings. The van der Waals surface area contributed by atoms with E-state index >= 15 is 0 Å². The van der Waals surface area contributed by atoms with Crippen LogP contribution >= 0.6 is 15.9 Å². The number of carbonyl (C=O) groups is 1. The van der Waals surface area contributed by atoms with Crippen LogP contribution < -0.4 is 11.1 Å². The molecule has 0 saturated heterocycles. The summed E-state index contributed by atoms with van der Waals surface area (Å²) in [4.78, 5) is 12.2. The van der Waals surface area contributed by atoms with Crippen molar-refractivity contribution in [2.24, 2.45) is 0 Å². The van der Waals surface area contributed by atoms with E-state index in [1.54, 1.807) is 12.1 Å². The Morgan fingerprint density at radius 2 is 1.89 bits per heavy atom. The summed E-state index contributed by atoms with van der Waals surface area (Å²) in [5.74, 6) is -0.271. The molecule has 2 aromatic rings. The van der Waals surface area contributed by atoms with Crippen LogP contribution in [0.4, 0.5) is 11.4 Å². The summed E-state index contributed by atoms with van der Waals surface area (Å²) in [7, 11) is 0. The molecule has 2 rings (SSSR count). The second-order valence-electron chi connectivity index (χ2n) is 4.36. The van der Waals surface area contributed by atoms with Crippen molar-refractivity contribution < 1.29 is 4.79 Å².